The van der Waals surface area contributed by atoms with Gasteiger partial charge < -0.3 is 4.90 Å². The Balaban J connectivity index is 1.50. The molecule has 0 spiro atoms. The molecule has 0 aliphatic carbocycles. The first-order valence-electron chi connectivity index (χ1n) is 8.91. The first-order chi connectivity index (χ1) is 12.1. The Labute approximate surface area is 150 Å². The summed E-state index contributed by atoms with van der Waals surface area (Å²) in [6, 6.07) is 19.3. The minimum absolute atomic E-state index is 0.185. The molecule has 0 N–H and O–H groups in total. The van der Waals surface area contributed by atoms with E-state index in [0.717, 1.165) is 32.7 Å². The van der Waals surface area contributed by atoms with Crippen LogP contribution in [0.3, 0.4) is 0 Å². The molecular formula is C21H27N3O. The molecule has 0 saturated carbocycles. The van der Waals surface area contributed by atoms with Gasteiger partial charge in [0.1, 0.15) is 0 Å². The third kappa shape index (κ3) is 4.91. The number of carbonyl (C=O) groups excluding carboxylic acids is 1. The zero-order chi connectivity index (χ0) is 17.6. The SMILES string of the molecule is CN(C)C(=O)CN1CCN(Cc2ccc(-c3ccccc3)cc2)CC1. The van der Waals surface area contributed by atoms with Crippen molar-refractivity contribution in [1.29, 1.82) is 0 Å². The number of carbonyl (C=O) groups is 1. The predicted octanol–water partition coefficient (Wildman–Crippen LogP) is 2.56. The molecule has 132 valence electrons. The second kappa shape index (κ2) is 8.28. The topological polar surface area (TPSA) is 26.8 Å². The van der Waals surface area contributed by atoms with Gasteiger partial charge in [0.2, 0.25) is 5.91 Å². The highest BCUT2D eigenvalue weighted by Crippen LogP contribution is 2.20. The number of likely N-dealkylation sites (N-methyl/N-ethyl adjacent to an activating group) is 1. The molecule has 4 nitrogen and oxygen atoms in total. The van der Waals surface area contributed by atoms with Crippen molar-refractivity contribution >= 4 is 5.91 Å². The van der Waals surface area contributed by atoms with E-state index < -0.39 is 0 Å². The van der Waals surface area contributed by atoms with Gasteiger partial charge in [-0.15, -0.1) is 0 Å². The molecule has 0 radical (unpaired) electrons. The third-order valence-corrected chi connectivity index (χ3v) is 4.79. The lowest BCUT2D eigenvalue weighted by atomic mass is 10.0. The number of nitrogens with zero attached hydrogens (tertiary/aromatic N) is 3. The van der Waals surface area contributed by atoms with Crippen LogP contribution in [0.5, 0.6) is 0 Å². The fourth-order valence-corrected chi connectivity index (χ4v) is 3.13. The summed E-state index contributed by atoms with van der Waals surface area (Å²) in [5.41, 5.74) is 3.86. The van der Waals surface area contributed by atoms with Crippen LogP contribution >= 0.6 is 0 Å². The lowest BCUT2D eigenvalue weighted by Crippen LogP contribution is -2.48. The van der Waals surface area contributed by atoms with Gasteiger partial charge in [0.05, 0.1) is 6.54 Å². The summed E-state index contributed by atoms with van der Waals surface area (Å²) in [4.78, 5) is 18.2. The first kappa shape index (κ1) is 17.6. The van der Waals surface area contributed by atoms with Crippen molar-refractivity contribution in [3.05, 3.63) is 60.2 Å². The van der Waals surface area contributed by atoms with Crippen LogP contribution in [0, 0.1) is 0 Å². The van der Waals surface area contributed by atoms with Crippen molar-refractivity contribution in [2.75, 3.05) is 46.8 Å². The molecule has 0 unspecified atom stereocenters. The molecule has 2 aromatic carbocycles. The largest absolute Gasteiger partial charge is 0.348 e. The van der Waals surface area contributed by atoms with Crippen LogP contribution in [0.15, 0.2) is 54.6 Å². The van der Waals surface area contributed by atoms with Crippen molar-refractivity contribution in [3.8, 4) is 11.1 Å². The lowest BCUT2D eigenvalue weighted by molar-refractivity contribution is -0.130. The monoisotopic (exact) mass is 337 g/mol. The molecule has 3 rings (SSSR count). The van der Waals surface area contributed by atoms with Gasteiger partial charge in [0.15, 0.2) is 0 Å². The van der Waals surface area contributed by atoms with Gasteiger partial charge in [-0.3, -0.25) is 14.6 Å². The van der Waals surface area contributed by atoms with Gasteiger partial charge in [-0.2, -0.15) is 0 Å². The van der Waals surface area contributed by atoms with E-state index in [0.29, 0.717) is 6.54 Å². The average molecular weight is 337 g/mol. The van der Waals surface area contributed by atoms with Crippen molar-refractivity contribution in [2.45, 2.75) is 6.54 Å². The van der Waals surface area contributed by atoms with Crippen LogP contribution in [0.25, 0.3) is 11.1 Å². The Hall–Kier alpha value is -2.17. The molecule has 0 atom stereocenters. The fourth-order valence-electron chi connectivity index (χ4n) is 3.13. The minimum Gasteiger partial charge on any atom is -0.348 e. The highest BCUT2D eigenvalue weighted by molar-refractivity contribution is 5.77. The summed E-state index contributed by atoms with van der Waals surface area (Å²) in [7, 11) is 3.63. The fraction of sp³-hybridized carbons (Fsp3) is 0.381. The molecule has 0 aromatic heterocycles. The van der Waals surface area contributed by atoms with Crippen molar-refractivity contribution < 1.29 is 4.79 Å². The van der Waals surface area contributed by atoms with Gasteiger partial charge >= 0.3 is 0 Å². The summed E-state index contributed by atoms with van der Waals surface area (Å²) in [6.07, 6.45) is 0. The average Bonchev–Trinajstić information content (AvgIpc) is 2.64. The Morgan fingerprint density at radius 2 is 1.40 bits per heavy atom. The Kier molecular flexibility index (Phi) is 5.84. The number of benzene rings is 2. The highest BCUT2D eigenvalue weighted by atomic mass is 16.2. The lowest BCUT2D eigenvalue weighted by Gasteiger charge is -2.34. The molecule has 1 heterocycles. The Bertz CT molecular complexity index is 674. The molecule has 25 heavy (non-hydrogen) atoms. The number of hydrogen-bond acceptors (Lipinski definition) is 3. The van der Waals surface area contributed by atoms with E-state index in [4.69, 9.17) is 0 Å². The molecule has 1 amide bonds. The quantitative estimate of drug-likeness (QED) is 0.839. The molecular weight excluding hydrogens is 310 g/mol. The van der Waals surface area contributed by atoms with Crippen LogP contribution in [0.4, 0.5) is 0 Å². The third-order valence-electron chi connectivity index (χ3n) is 4.79. The molecule has 1 saturated heterocycles. The van der Waals surface area contributed by atoms with Gasteiger partial charge in [-0.1, -0.05) is 54.6 Å². The van der Waals surface area contributed by atoms with Crippen LogP contribution in [-0.4, -0.2) is 67.4 Å². The zero-order valence-corrected chi connectivity index (χ0v) is 15.2. The van der Waals surface area contributed by atoms with E-state index in [1.165, 1.54) is 16.7 Å². The molecule has 2 aromatic rings. The summed E-state index contributed by atoms with van der Waals surface area (Å²) < 4.78 is 0. The van der Waals surface area contributed by atoms with Crippen LogP contribution in [0.1, 0.15) is 5.56 Å². The van der Waals surface area contributed by atoms with Crippen LogP contribution in [-0.2, 0) is 11.3 Å². The minimum atomic E-state index is 0.185. The summed E-state index contributed by atoms with van der Waals surface area (Å²) in [6.45, 7) is 5.46. The van der Waals surface area contributed by atoms with E-state index in [2.05, 4.69) is 58.3 Å². The predicted molar refractivity (Wildman–Crippen MR) is 102 cm³/mol. The molecule has 1 fully saturated rings. The maximum atomic E-state index is 11.8. The Morgan fingerprint density at radius 1 is 0.840 bits per heavy atom. The normalized spacial score (nSPS) is 15.9. The highest BCUT2D eigenvalue weighted by Gasteiger charge is 2.19. The van der Waals surface area contributed by atoms with Crippen LogP contribution in [0.2, 0.25) is 0 Å². The van der Waals surface area contributed by atoms with E-state index in [1.807, 2.05) is 20.2 Å². The number of piperazine rings is 1. The zero-order valence-electron chi connectivity index (χ0n) is 15.2. The molecule has 1 aliphatic heterocycles. The maximum Gasteiger partial charge on any atom is 0.236 e. The summed E-state index contributed by atoms with van der Waals surface area (Å²) in [5.74, 6) is 0.185. The van der Waals surface area contributed by atoms with Crippen molar-refractivity contribution in [3.63, 3.8) is 0 Å². The summed E-state index contributed by atoms with van der Waals surface area (Å²) >= 11 is 0. The number of rotatable bonds is 5. The van der Waals surface area contributed by atoms with E-state index in [-0.39, 0.29) is 5.91 Å². The van der Waals surface area contributed by atoms with E-state index in [9.17, 15) is 4.79 Å². The number of amides is 1. The Morgan fingerprint density at radius 3 is 2.00 bits per heavy atom. The van der Waals surface area contributed by atoms with Crippen molar-refractivity contribution in [1.82, 2.24) is 14.7 Å². The van der Waals surface area contributed by atoms with E-state index in [1.54, 1.807) is 4.90 Å². The van der Waals surface area contributed by atoms with Gasteiger partial charge in [-0.25, -0.2) is 0 Å². The van der Waals surface area contributed by atoms with Gasteiger partial charge in [0.25, 0.3) is 0 Å². The molecule has 1 aliphatic rings. The standard InChI is InChI=1S/C21H27N3O/c1-22(2)21(25)17-24-14-12-23(13-15-24)16-18-8-10-20(11-9-18)19-6-4-3-5-7-19/h3-11H,12-17H2,1-2H3. The smallest absolute Gasteiger partial charge is 0.236 e. The van der Waals surface area contributed by atoms with Crippen LogP contribution < -0.4 is 0 Å². The maximum absolute atomic E-state index is 11.8. The second-order valence-electron chi connectivity index (χ2n) is 6.90. The summed E-state index contributed by atoms with van der Waals surface area (Å²) in [5, 5.41) is 0. The van der Waals surface area contributed by atoms with E-state index >= 15 is 0 Å². The first-order valence-corrected chi connectivity index (χ1v) is 8.91. The second-order valence-corrected chi connectivity index (χ2v) is 6.90. The number of hydrogen-bond donors (Lipinski definition) is 0. The molecule has 4 heteroatoms. The van der Waals surface area contributed by atoms with Gasteiger partial charge in [0, 0.05) is 46.8 Å². The molecule has 0 bridgehead atoms. The van der Waals surface area contributed by atoms with Crippen molar-refractivity contribution in [2.24, 2.45) is 0 Å². The van der Waals surface area contributed by atoms with Gasteiger partial charge in [-0.05, 0) is 16.7 Å².